The van der Waals surface area contributed by atoms with E-state index >= 15 is 0 Å². The molecule has 4 rings (SSSR count). The van der Waals surface area contributed by atoms with Gasteiger partial charge in [-0.1, -0.05) is 12.1 Å². The zero-order valence-corrected chi connectivity index (χ0v) is 13.1. The van der Waals surface area contributed by atoms with Crippen molar-refractivity contribution in [1.82, 2.24) is 15.7 Å². The summed E-state index contributed by atoms with van der Waals surface area (Å²) >= 11 is 0. The van der Waals surface area contributed by atoms with Gasteiger partial charge in [0.15, 0.2) is 5.82 Å². The topological polar surface area (TPSA) is 90.9 Å². The van der Waals surface area contributed by atoms with Crippen molar-refractivity contribution in [2.45, 2.75) is 0 Å². The molecule has 0 aliphatic carbocycles. The third-order valence-corrected chi connectivity index (χ3v) is 4.02. The highest BCUT2D eigenvalue weighted by molar-refractivity contribution is 6.01. The number of nitrogens with one attached hydrogen (secondary N) is 3. The summed E-state index contributed by atoms with van der Waals surface area (Å²) < 4.78 is 0. The second-order valence-electron chi connectivity index (χ2n) is 5.62. The first-order valence-corrected chi connectivity index (χ1v) is 7.90. The van der Waals surface area contributed by atoms with E-state index in [1.807, 2.05) is 36.5 Å². The number of anilines is 3. The van der Waals surface area contributed by atoms with E-state index in [-0.39, 0.29) is 0 Å². The number of aliphatic imine (C=N–C) groups is 1. The number of pyridine rings is 1. The maximum Gasteiger partial charge on any atom is 0.221 e. The Bertz CT molecular complexity index is 740. The van der Waals surface area contributed by atoms with Crippen LogP contribution in [0.3, 0.4) is 0 Å². The molecule has 1 aromatic heterocycles. The molecule has 24 heavy (non-hydrogen) atoms. The summed E-state index contributed by atoms with van der Waals surface area (Å²) in [6.45, 7) is 3.91. The second-order valence-corrected chi connectivity index (χ2v) is 5.62. The van der Waals surface area contributed by atoms with Crippen molar-refractivity contribution in [2.75, 3.05) is 41.6 Å². The van der Waals surface area contributed by atoms with E-state index in [0.29, 0.717) is 28.3 Å². The van der Waals surface area contributed by atoms with Crippen molar-refractivity contribution in [2.24, 2.45) is 4.99 Å². The largest absolute Gasteiger partial charge is 0.739 e. The van der Waals surface area contributed by atoms with E-state index < -0.39 is 0 Å². The van der Waals surface area contributed by atoms with Gasteiger partial charge in [0.25, 0.3) is 0 Å². The molecule has 0 unspecified atom stereocenters. The molecule has 0 radical (unpaired) electrons. The normalized spacial score (nSPS) is 18.8. The molecule has 0 amide bonds. The Kier molecular flexibility index (Phi) is 3.89. The highest BCUT2D eigenvalue weighted by Crippen LogP contribution is 2.27. The molecule has 1 saturated heterocycles. The van der Waals surface area contributed by atoms with Crippen molar-refractivity contribution in [3.05, 3.63) is 47.8 Å². The van der Waals surface area contributed by atoms with Crippen LogP contribution in [0, 0.1) is 5.21 Å². The zero-order chi connectivity index (χ0) is 16.4. The summed E-state index contributed by atoms with van der Waals surface area (Å²) in [4.78, 5) is 11.0. The maximum absolute atomic E-state index is 12.0. The van der Waals surface area contributed by atoms with Gasteiger partial charge in [-0.25, -0.2) is 4.98 Å². The number of aromatic nitrogens is 1. The average Bonchev–Trinajstić information content (AvgIpc) is 2.63. The molecule has 3 heterocycles. The molecule has 8 nitrogen and oxygen atoms in total. The van der Waals surface area contributed by atoms with Gasteiger partial charge < -0.3 is 25.9 Å². The predicted octanol–water partition coefficient (Wildman–Crippen LogP) is 1.41. The summed E-state index contributed by atoms with van der Waals surface area (Å²) in [5.74, 6) is 0.891. The molecule has 1 fully saturated rings. The number of rotatable bonds is 2. The van der Waals surface area contributed by atoms with Crippen LogP contribution in [-0.4, -0.2) is 37.1 Å². The lowest BCUT2D eigenvalue weighted by Crippen LogP contribution is -2.46. The van der Waals surface area contributed by atoms with Gasteiger partial charge in [0.2, 0.25) is 5.96 Å². The molecule has 0 atom stereocenters. The molecule has 0 spiro atoms. The number of piperazine rings is 1. The number of guanidine groups is 1. The Hall–Kier alpha value is -2.84. The van der Waals surface area contributed by atoms with Crippen molar-refractivity contribution in [3.8, 4) is 0 Å². The van der Waals surface area contributed by atoms with E-state index in [9.17, 15) is 5.21 Å². The number of fused-ring (bicyclic) bond motifs is 1. The number of hydrogen-bond acceptors (Lipinski definition) is 6. The van der Waals surface area contributed by atoms with Gasteiger partial charge >= 0.3 is 0 Å². The Morgan fingerprint density at radius 2 is 1.92 bits per heavy atom. The minimum Gasteiger partial charge on any atom is -0.739 e. The molecule has 8 heteroatoms. The predicted molar refractivity (Wildman–Crippen MR) is 95.5 cm³/mol. The van der Waals surface area contributed by atoms with Crippen molar-refractivity contribution in [3.63, 3.8) is 0 Å². The average molecular weight is 324 g/mol. The molecular formula is C16H18N7O-. The first-order valence-electron chi connectivity index (χ1n) is 7.90. The van der Waals surface area contributed by atoms with Crippen LogP contribution >= 0.6 is 0 Å². The summed E-state index contributed by atoms with van der Waals surface area (Å²) in [7, 11) is 0. The van der Waals surface area contributed by atoms with Gasteiger partial charge in [0.1, 0.15) is 0 Å². The van der Waals surface area contributed by atoms with Gasteiger partial charge in [0.05, 0.1) is 23.3 Å². The summed E-state index contributed by atoms with van der Waals surface area (Å²) in [6.07, 6.45) is 1.82. The third-order valence-electron chi connectivity index (χ3n) is 4.02. The zero-order valence-electron chi connectivity index (χ0n) is 13.1. The molecule has 2 aromatic rings. The van der Waals surface area contributed by atoms with E-state index in [0.717, 1.165) is 31.9 Å². The Morgan fingerprint density at radius 1 is 1.08 bits per heavy atom. The monoisotopic (exact) mass is 324 g/mol. The molecule has 124 valence electrons. The molecule has 1 aromatic carbocycles. The fourth-order valence-corrected chi connectivity index (χ4v) is 2.79. The van der Waals surface area contributed by atoms with Gasteiger partial charge in [-0.15, -0.1) is 0 Å². The smallest absolute Gasteiger partial charge is 0.221 e. The van der Waals surface area contributed by atoms with Crippen LogP contribution in [0.15, 0.2) is 47.6 Å². The molecule has 3 N–H and O–H groups in total. The van der Waals surface area contributed by atoms with E-state index in [1.54, 1.807) is 6.07 Å². The first-order chi connectivity index (χ1) is 11.8. The fourth-order valence-electron chi connectivity index (χ4n) is 2.79. The van der Waals surface area contributed by atoms with Crippen LogP contribution in [0.25, 0.3) is 0 Å². The van der Waals surface area contributed by atoms with Crippen molar-refractivity contribution in [1.29, 1.82) is 0 Å². The lowest BCUT2D eigenvalue weighted by molar-refractivity contribution is 0.589. The van der Waals surface area contributed by atoms with Gasteiger partial charge in [-0.3, -0.25) is 5.43 Å². The van der Waals surface area contributed by atoms with Gasteiger partial charge in [-0.05, 0) is 24.3 Å². The number of hydrogen-bond donors (Lipinski definition) is 3. The van der Waals surface area contributed by atoms with E-state index in [1.165, 1.54) is 0 Å². The first kappa shape index (κ1) is 14.7. The highest BCUT2D eigenvalue weighted by Gasteiger charge is 2.14. The Balaban J connectivity index is 1.51. The standard InChI is InChI=1S/C16H18N7O/c24-23-14-4-2-1-3-13(14)19-16(21-23)20-15-6-5-12(11-18-15)22-9-7-17-8-10-22/h1-6,11,17H,7-10H2,(H2,18,19,20,21)/q-1. The van der Waals surface area contributed by atoms with Crippen molar-refractivity contribution < 1.29 is 0 Å². The van der Waals surface area contributed by atoms with Gasteiger partial charge in [-0.2, -0.15) is 4.99 Å². The van der Waals surface area contributed by atoms with Gasteiger partial charge in [0, 0.05) is 26.2 Å². The number of nitrogens with zero attached hydrogens (tertiary/aromatic N) is 4. The number of hydrazine groups is 1. The second kappa shape index (κ2) is 6.34. The summed E-state index contributed by atoms with van der Waals surface area (Å²) in [6, 6.07) is 11.1. The van der Waals surface area contributed by atoms with E-state index in [2.05, 4.69) is 30.9 Å². The van der Waals surface area contributed by atoms with Crippen molar-refractivity contribution >= 4 is 28.8 Å². The van der Waals surface area contributed by atoms with Crippen LogP contribution in [0.4, 0.5) is 22.9 Å². The van der Waals surface area contributed by atoms with E-state index in [4.69, 9.17) is 0 Å². The quantitative estimate of drug-likeness (QED) is 0.769. The molecule has 2 aliphatic heterocycles. The minimum absolute atomic E-state index is 0.353. The lowest BCUT2D eigenvalue weighted by Gasteiger charge is -2.37. The number of para-hydroxylation sites is 2. The highest BCUT2D eigenvalue weighted by atomic mass is 16.5. The molecule has 0 saturated carbocycles. The SMILES string of the molecule is [O-]N1NC(=Nc2ccc(N3CCNCC3)cn2)Nc2ccccc21. The minimum atomic E-state index is 0.353. The van der Waals surface area contributed by atoms with Crippen LogP contribution in [0.1, 0.15) is 0 Å². The van der Waals surface area contributed by atoms with Crippen LogP contribution in [-0.2, 0) is 0 Å². The molecular weight excluding hydrogens is 306 g/mol. The molecule has 2 aliphatic rings. The lowest BCUT2D eigenvalue weighted by atomic mass is 10.2. The summed E-state index contributed by atoms with van der Waals surface area (Å²) in [5.41, 5.74) is 4.98. The summed E-state index contributed by atoms with van der Waals surface area (Å²) in [5, 5.41) is 19.1. The fraction of sp³-hybridized carbons (Fsp3) is 0.250. The van der Waals surface area contributed by atoms with Crippen LogP contribution in [0.2, 0.25) is 0 Å². The van der Waals surface area contributed by atoms with Crippen LogP contribution < -0.4 is 26.1 Å². The Morgan fingerprint density at radius 3 is 2.71 bits per heavy atom. The third kappa shape index (κ3) is 2.97. The number of benzene rings is 1. The Labute approximate surface area is 139 Å². The van der Waals surface area contributed by atoms with Crippen LogP contribution in [0.5, 0.6) is 0 Å². The molecule has 0 bridgehead atoms. The maximum atomic E-state index is 12.0.